The zero-order chi connectivity index (χ0) is 15.8. The van der Waals surface area contributed by atoms with Crippen LogP contribution >= 0.6 is 0 Å². The van der Waals surface area contributed by atoms with Crippen molar-refractivity contribution in [2.45, 2.75) is 38.6 Å². The van der Waals surface area contributed by atoms with Gasteiger partial charge in [0.2, 0.25) is 0 Å². The monoisotopic (exact) mass is 306 g/mol. The Kier molecular flexibility index (Phi) is 3.62. The van der Waals surface area contributed by atoms with Crippen LogP contribution in [-0.2, 0) is 6.42 Å². The van der Waals surface area contributed by atoms with Crippen molar-refractivity contribution in [1.29, 1.82) is 0 Å². The van der Waals surface area contributed by atoms with Crippen LogP contribution in [0.3, 0.4) is 0 Å². The highest BCUT2D eigenvalue weighted by Crippen LogP contribution is 2.41. The number of nitrogens with one attached hydrogen (secondary N) is 1. The number of nitrogens with zero attached hydrogens (tertiary/aromatic N) is 3. The molecule has 0 unspecified atom stereocenters. The first kappa shape index (κ1) is 14.4. The third kappa shape index (κ3) is 2.53. The number of fused-ring (bicyclic) bond motifs is 2. The van der Waals surface area contributed by atoms with Crippen LogP contribution in [0, 0.1) is 6.92 Å². The molecule has 1 aromatic carbocycles. The predicted molar refractivity (Wildman–Crippen MR) is 91.6 cm³/mol. The summed E-state index contributed by atoms with van der Waals surface area (Å²) in [7, 11) is 0. The Morgan fingerprint density at radius 3 is 3.00 bits per heavy atom. The van der Waals surface area contributed by atoms with Gasteiger partial charge in [0.1, 0.15) is 5.82 Å². The maximum Gasteiger partial charge on any atom is 0.160 e. The number of aromatic nitrogens is 3. The molecule has 2 aromatic heterocycles. The van der Waals surface area contributed by atoms with Crippen molar-refractivity contribution in [2.75, 3.05) is 6.54 Å². The molecule has 0 amide bonds. The molecule has 0 saturated heterocycles. The first-order chi connectivity index (χ1) is 11.2. The van der Waals surface area contributed by atoms with Gasteiger partial charge in [0, 0.05) is 25.2 Å². The van der Waals surface area contributed by atoms with Crippen LogP contribution in [0.15, 0.2) is 42.6 Å². The van der Waals surface area contributed by atoms with Gasteiger partial charge >= 0.3 is 0 Å². The van der Waals surface area contributed by atoms with Gasteiger partial charge in [-0.3, -0.25) is 4.40 Å². The van der Waals surface area contributed by atoms with Crippen LogP contribution in [0.1, 0.15) is 47.8 Å². The molecule has 4 heteroatoms. The lowest BCUT2D eigenvalue weighted by Crippen LogP contribution is -2.22. The van der Waals surface area contributed by atoms with E-state index in [-0.39, 0.29) is 0 Å². The van der Waals surface area contributed by atoms with E-state index in [1.165, 1.54) is 23.1 Å². The van der Waals surface area contributed by atoms with Crippen LogP contribution in [0.25, 0.3) is 5.65 Å². The molecule has 0 fully saturated rings. The maximum atomic E-state index is 4.31. The average Bonchev–Trinajstić information content (AvgIpc) is 3.11. The minimum Gasteiger partial charge on any atom is -0.309 e. The van der Waals surface area contributed by atoms with Gasteiger partial charge in [0.25, 0.3) is 0 Å². The molecule has 118 valence electrons. The highest BCUT2D eigenvalue weighted by Gasteiger charge is 2.28. The molecular weight excluding hydrogens is 284 g/mol. The fourth-order valence-corrected chi connectivity index (χ4v) is 3.89. The van der Waals surface area contributed by atoms with Gasteiger partial charge < -0.3 is 5.32 Å². The van der Waals surface area contributed by atoms with E-state index >= 15 is 0 Å². The number of rotatable bonds is 4. The average molecular weight is 306 g/mol. The molecular formula is C19H22N4. The van der Waals surface area contributed by atoms with Crippen LogP contribution in [0.4, 0.5) is 0 Å². The van der Waals surface area contributed by atoms with Crippen LogP contribution in [0.5, 0.6) is 0 Å². The minimum absolute atomic E-state index is 0.457. The molecule has 1 aliphatic rings. The summed E-state index contributed by atoms with van der Waals surface area (Å²) in [5, 5.41) is 12.2. The molecule has 0 bridgehead atoms. The Bertz CT molecular complexity index is 836. The summed E-state index contributed by atoms with van der Waals surface area (Å²) in [5.41, 5.74) is 5.35. The molecule has 2 heterocycles. The van der Waals surface area contributed by atoms with Crippen molar-refractivity contribution in [3.63, 3.8) is 0 Å². The van der Waals surface area contributed by atoms with Crippen LogP contribution in [-0.4, -0.2) is 21.1 Å². The topological polar surface area (TPSA) is 42.2 Å². The fourth-order valence-electron chi connectivity index (χ4n) is 3.89. The molecule has 0 aliphatic heterocycles. The Morgan fingerprint density at radius 1 is 1.17 bits per heavy atom. The highest BCUT2D eigenvalue weighted by atomic mass is 15.2. The summed E-state index contributed by atoms with van der Waals surface area (Å²) in [5.74, 6) is 1.65. The van der Waals surface area contributed by atoms with Crippen molar-refractivity contribution in [3.8, 4) is 0 Å². The van der Waals surface area contributed by atoms with E-state index in [4.69, 9.17) is 0 Å². The summed E-state index contributed by atoms with van der Waals surface area (Å²) in [6.07, 6.45) is 4.10. The largest absolute Gasteiger partial charge is 0.309 e. The smallest absolute Gasteiger partial charge is 0.160 e. The standard InChI is InChI=1S/C19H22N4/c1-13-6-5-7-15-16(12-14(2)19(13)15)20-10-9-18-22-21-17-8-3-4-11-23(17)18/h3-8,11,14,16,20H,9-10,12H2,1-2H3/t14-,16+/m1/s1. The Morgan fingerprint density at radius 2 is 2.09 bits per heavy atom. The highest BCUT2D eigenvalue weighted by molar-refractivity contribution is 5.43. The fraction of sp³-hybridized carbons (Fsp3) is 0.368. The molecule has 4 nitrogen and oxygen atoms in total. The molecule has 3 aromatic rings. The van der Waals surface area contributed by atoms with E-state index in [2.05, 4.69) is 52.0 Å². The third-order valence-corrected chi connectivity index (χ3v) is 4.94. The van der Waals surface area contributed by atoms with Gasteiger partial charge in [-0.2, -0.15) is 0 Å². The third-order valence-electron chi connectivity index (χ3n) is 4.94. The zero-order valence-corrected chi connectivity index (χ0v) is 13.7. The van der Waals surface area contributed by atoms with E-state index in [9.17, 15) is 0 Å². The maximum absolute atomic E-state index is 4.31. The van der Waals surface area contributed by atoms with Crippen LogP contribution < -0.4 is 5.32 Å². The molecule has 0 radical (unpaired) electrons. The lowest BCUT2D eigenvalue weighted by atomic mass is 9.98. The number of pyridine rings is 1. The Balaban J connectivity index is 1.46. The number of aryl methyl sites for hydroxylation is 1. The second kappa shape index (κ2) is 5.78. The molecule has 2 atom stereocenters. The quantitative estimate of drug-likeness (QED) is 0.803. The first-order valence-electron chi connectivity index (χ1n) is 8.35. The summed E-state index contributed by atoms with van der Waals surface area (Å²) in [6, 6.07) is 13.1. The van der Waals surface area contributed by atoms with Crippen molar-refractivity contribution in [3.05, 3.63) is 65.1 Å². The van der Waals surface area contributed by atoms with Gasteiger partial charge in [-0.05, 0) is 48.1 Å². The Hall–Kier alpha value is -2.20. The van der Waals surface area contributed by atoms with E-state index in [0.717, 1.165) is 24.4 Å². The predicted octanol–water partition coefficient (Wildman–Crippen LogP) is 3.42. The molecule has 1 aliphatic carbocycles. The van der Waals surface area contributed by atoms with Gasteiger partial charge in [-0.1, -0.05) is 31.2 Å². The van der Waals surface area contributed by atoms with Crippen molar-refractivity contribution >= 4 is 5.65 Å². The van der Waals surface area contributed by atoms with Gasteiger partial charge in [0.15, 0.2) is 5.65 Å². The number of hydrogen-bond acceptors (Lipinski definition) is 3. The lowest BCUT2D eigenvalue weighted by molar-refractivity contribution is 0.504. The van der Waals surface area contributed by atoms with Crippen molar-refractivity contribution in [1.82, 2.24) is 19.9 Å². The van der Waals surface area contributed by atoms with E-state index in [1.807, 2.05) is 24.4 Å². The Labute approximate surface area is 136 Å². The lowest BCUT2D eigenvalue weighted by Gasteiger charge is -2.14. The zero-order valence-electron chi connectivity index (χ0n) is 13.7. The second-order valence-electron chi connectivity index (χ2n) is 6.52. The number of benzene rings is 1. The van der Waals surface area contributed by atoms with Gasteiger partial charge in [0.05, 0.1) is 0 Å². The van der Waals surface area contributed by atoms with Crippen LogP contribution in [0.2, 0.25) is 0 Å². The SMILES string of the molecule is Cc1cccc2c1[C@H](C)C[C@@H]2NCCc1nnc2ccccn12. The summed E-state index contributed by atoms with van der Waals surface area (Å²) in [4.78, 5) is 0. The number of hydrogen-bond donors (Lipinski definition) is 1. The molecule has 1 N–H and O–H groups in total. The second-order valence-corrected chi connectivity index (χ2v) is 6.52. The van der Waals surface area contributed by atoms with Crippen molar-refractivity contribution in [2.24, 2.45) is 0 Å². The van der Waals surface area contributed by atoms with E-state index in [1.54, 1.807) is 0 Å². The first-order valence-corrected chi connectivity index (χ1v) is 8.35. The molecule has 4 rings (SSSR count). The molecule has 23 heavy (non-hydrogen) atoms. The van der Waals surface area contributed by atoms with Gasteiger partial charge in [-0.15, -0.1) is 10.2 Å². The molecule has 0 saturated carbocycles. The molecule has 0 spiro atoms. The summed E-state index contributed by atoms with van der Waals surface area (Å²) < 4.78 is 2.07. The summed E-state index contributed by atoms with van der Waals surface area (Å²) in [6.45, 7) is 5.47. The van der Waals surface area contributed by atoms with E-state index in [0.29, 0.717) is 12.0 Å². The van der Waals surface area contributed by atoms with Gasteiger partial charge in [-0.25, -0.2) is 0 Å². The summed E-state index contributed by atoms with van der Waals surface area (Å²) >= 11 is 0. The van der Waals surface area contributed by atoms with Crippen molar-refractivity contribution < 1.29 is 0 Å². The van der Waals surface area contributed by atoms with E-state index < -0.39 is 0 Å². The normalized spacial score (nSPS) is 20.1. The minimum atomic E-state index is 0.457.